The number of hydrogen-bond acceptors (Lipinski definition) is 4. The first kappa shape index (κ1) is 23.3. The summed E-state index contributed by atoms with van der Waals surface area (Å²) in [5.41, 5.74) is 5.11. The van der Waals surface area contributed by atoms with Crippen LogP contribution in [-0.2, 0) is 22.7 Å². The van der Waals surface area contributed by atoms with Gasteiger partial charge in [-0.3, -0.25) is 19.3 Å². The van der Waals surface area contributed by atoms with Crippen molar-refractivity contribution in [3.8, 4) is 0 Å². The first-order chi connectivity index (χ1) is 16.3. The molecule has 0 saturated carbocycles. The molecule has 0 saturated heterocycles. The molecule has 0 fully saturated rings. The SMILES string of the molecule is Cc1ccc(C)c(NC(=O)c2ccc(CNC3=C(Cl)C(=O)N(Cc4ccccc4)C3=O)cc2)c1. The van der Waals surface area contributed by atoms with Crippen LogP contribution in [0.3, 0.4) is 0 Å². The third-order valence-electron chi connectivity index (χ3n) is 5.62. The zero-order valence-corrected chi connectivity index (χ0v) is 19.6. The molecule has 0 atom stereocenters. The van der Waals surface area contributed by atoms with Gasteiger partial charge in [-0.05, 0) is 54.3 Å². The molecule has 6 nitrogen and oxygen atoms in total. The van der Waals surface area contributed by atoms with Crippen LogP contribution in [0.2, 0.25) is 0 Å². The zero-order valence-electron chi connectivity index (χ0n) is 18.9. The molecule has 2 N–H and O–H groups in total. The Hall–Kier alpha value is -3.90. The number of amides is 3. The zero-order chi connectivity index (χ0) is 24.2. The number of imide groups is 1. The van der Waals surface area contributed by atoms with Gasteiger partial charge in [0.25, 0.3) is 17.7 Å². The van der Waals surface area contributed by atoms with Crippen molar-refractivity contribution in [2.24, 2.45) is 0 Å². The first-order valence-electron chi connectivity index (χ1n) is 10.8. The molecular weight excluding hydrogens is 450 g/mol. The second-order valence-electron chi connectivity index (χ2n) is 8.19. The molecule has 1 aliphatic rings. The number of anilines is 1. The van der Waals surface area contributed by atoms with Gasteiger partial charge < -0.3 is 10.6 Å². The summed E-state index contributed by atoms with van der Waals surface area (Å²) in [4.78, 5) is 39.0. The van der Waals surface area contributed by atoms with Crippen LogP contribution in [0.1, 0.15) is 32.6 Å². The Morgan fingerprint density at radius 2 is 1.59 bits per heavy atom. The fraction of sp³-hybridized carbons (Fsp3) is 0.148. The highest BCUT2D eigenvalue weighted by Crippen LogP contribution is 2.24. The van der Waals surface area contributed by atoms with E-state index < -0.39 is 11.8 Å². The molecule has 3 amide bonds. The van der Waals surface area contributed by atoms with E-state index in [1.807, 2.05) is 62.4 Å². The standard InChI is InChI=1S/C27H24ClN3O3/c1-17-8-9-18(2)22(14-17)30-25(32)21-12-10-19(11-13-21)15-29-24-23(28)26(33)31(27(24)34)16-20-6-4-3-5-7-20/h3-14,29H,15-16H2,1-2H3,(H,30,32). The molecule has 3 aromatic rings. The van der Waals surface area contributed by atoms with Crippen molar-refractivity contribution in [2.75, 3.05) is 5.32 Å². The summed E-state index contributed by atoms with van der Waals surface area (Å²) in [5, 5.41) is 5.80. The van der Waals surface area contributed by atoms with E-state index in [0.717, 1.165) is 32.8 Å². The Morgan fingerprint density at radius 3 is 2.29 bits per heavy atom. The lowest BCUT2D eigenvalue weighted by atomic mass is 10.1. The number of halogens is 1. The maximum atomic E-state index is 12.8. The first-order valence-corrected chi connectivity index (χ1v) is 11.2. The normalized spacial score (nSPS) is 13.4. The number of carbonyl (C=O) groups excluding carboxylic acids is 3. The van der Waals surface area contributed by atoms with E-state index >= 15 is 0 Å². The second-order valence-corrected chi connectivity index (χ2v) is 8.57. The third kappa shape index (κ3) is 5.02. The fourth-order valence-electron chi connectivity index (χ4n) is 3.64. The highest BCUT2D eigenvalue weighted by molar-refractivity contribution is 6.47. The molecule has 0 unspecified atom stereocenters. The monoisotopic (exact) mass is 473 g/mol. The van der Waals surface area contributed by atoms with Gasteiger partial charge in [0.2, 0.25) is 0 Å². The van der Waals surface area contributed by atoms with Crippen LogP contribution in [0, 0.1) is 13.8 Å². The molecule has 3 aromatic carbocycles. The van der Waals surface area contributed by atoms with E-state index in [0.29, 0.717) is 5.56 Å². The third-order valence-corrected chi connectivity index (χ3v) is 5.97. The van der Waals surface area contributed by atoms with E-state index in [9.17, 15) is 14.4 Å². The maximum absolute atomic E-state index is 12.8. The summed E-state index contributed by atoms with van der Waals surface area (Å²) in [6.07, 6.45) is 0. The van der Waals surface area contributed by atoms with Crippen molar-refractivity contribution in [3.05, 3.63) is 111 Å². The quantitative estimate of drug-likeness (QED) is 0.489. The molecule has 0 aliphatic carbocycles. The highest BCUT2D eigenvalue weighted by atomic mass is 35.5. The number of carbonyl (C=O) groups is 3. The van der Waals surface area contributed by atoms with Crippen LogP contribution in [-0.4, -0.2) is 22.6 Å². The van der Waals surface area contributed by atoms with Crippen molar-refractivity contribution in [2.45, 2.75) is 26.9 Å². The van der Waals surface area contributed by atoms with Gasteiger partial charge >= 0.3 is 0 Å². The number of nitrogens with one attached hydrogen (secondary N) is 2. The Bertz CT molecular complexity index is 1280. The molecule has 1 heterocycles. The van der Waals surface area contributed by atoms with Gasteiger partial charge in [-0.2, -0.15) is 0 Å². The van der Waals surface area contributed by atoms with E-state index in [1.54, 1.807) is 24.3 Å². The number of rotatable bonds is 7. The lowest BCUT2D eigenvalue weighted by molar-refractivity contribution is -0.138. The average molecular weight is 474 g/mol. The second kappa shape index (κ2) is 9.93. The Balaban J connectivity index is 1.38. The minimum Gasteiger partial charge on any atom is -0.375 e. The van der Waals surface area contributed by atoms with Crippen LogP contribution in [0.4, 0.5) is 5.69 Å². The number of aryl methyl sites for hydroxylation is 2. The molecule has 172 valence electrons. The van der Waals surface area contributed by atoms with Crippen molar-refractivity contribution in [3.63, 3.8) is 0 Å². The summed E-state index contributed by atoms with van der Waals surface area (Å²) in [7, 11) is 0. The summed E-state index contributed by atoms with van der Waals surface area (Å²) < 4.78 is 0. The van der Waals surface area contributed by atoms with Gasteiger partial charge in [0.05, 0.1) is 6.54 Å². The van der Waals surface area contributed by atoms with E-state index in [2.05, 4.69) is 10.6 Å². The minimum atomic E-state index is -0.517. The Kier molecular flexibility index (Phi) is 6.80. The summed E-state index contributed by atoms with van der Waals surface area (Å²) in [6, 6.07) is 22.2. The molecule has 0 aromatic heterocycles. The summed E-state index contributed by atoms with van der Waals surface area (Å²) in [6.45, 7) is 4.36. The smallest absolute Gasteiger partial charge is 0.278 e. The van der Waals surface area contributed by atoms with Gasteiger partial charge in [0, 0.05) is 17.8 Å². The van der Waals surface area contributed by atoms with Crippen LogP contribution in [0.5, 0.6) is 0 Å². The van der Waals surface area contributed by atoms with Gasteiger partial charge in [-0.15, -0.1) is 0 Å². The lowest BCUT2D eigenvalue weighted by Crippen LogP contribution is -2.33. The number of nitrogens with zero attached hydrogens (tertiary/aromatic N) is 1. The van der Waals surface area contributed by atoms with Crippen molar-refractivity contribution < 1.29 is 14.4 Å². The van der Waals surface area contributed by atoms with Gasteiger partial charge in [0.1, 0.15) is 10.7 Å². The maximum Gasteiger partial charge on any atom is 0.278 e. The molecule has 34 heavy (non-hydrogen) atoms. The fourth-order valence-corrected chi connectivity index (χ4v) is 3.89. The van der Waals surface area contributed by atoms with Crippen molar-refractivity contribution >= 4 is 35.0 Å². The number of benzene rings is 3. The molecule has 1 aliphatic heterocycles. The van der Waals surface area contributed by atoms with Crippen LogP contribution < -0.4 is 10.6 Å². The highest BCUT2D eigenvalue weighted by Gasteiger charge is 2.37. The molecule has 0 radical (unpaired) electrons. The Morgan fingerprint density at radius 1 is 0.882 bits per heavy atom. The van der Waals surface area contributed by atoms with Gasteiger partial charge in [0.15, 0.2) is 0 Å². The van der Waals surface area contributed by atoms with Crippen LogP contribution >= 0.6 is 11.6 Å². The van der Waals surface area contributed by atoms with E-state index in [4.69, 9.17) is 11.6 Å². The molecule has 4 rings (SSSR count). The van der Waals surface area contributed by atoms with Crippen LogP contribution in [0.15, 0.2) is 83.5 Å². The van der Waals surface area contributed by atoms with E-state index in [-0.39, 0.29) is 29.7 Å². The number of hydrogen-bond donors (Lipinski definition) is 2. The van der Waals surface area contributed by atoms with Crippen molar-refractivity contribution in [1.29, 1.82) is 0 Å². The van der Waals surface area contributed by atoms with Crippen molar-refractivity contribution in [1.82, 2.24) is 10.2 Å². The molecular formula is C27H24ClN3O3. The van der Waals surface area contributed by atoms with Gasteiger partial charge in [-0.25, -0.2) is 0 Å². The molecule has 0 spiro atoms. The largest absolute Gasteiger partial charge is 0.375 e. The summed E-state index contributed by atoms with van der Waals surface area (Å²) in [5.74, 6) is -1.17. The Labute approximate surface area is 203 Å². The topological polar surface area (TPSA) is 78.5 Å². The predicted molar refractivity (Wildman–Crippen MR) is 132 cm³/mol. The van der Waals surface area contributed by atoms with Gasteiger partial charge in [-0.1, -0.05) is 66.2 Å². The lowest BCUT2D eigenvalue weighted by Gasteiger charge is -2.15. The molecule has 7 heteroatoms. The molecule has 0 bridgehead atoms. The summed E-state index contributed by atoms with van der Waals surface area (Å²) >= 11 is 6.17. The van der Waals surface area contributed by atoms with Crippen LogP contribution in [0.25, 0.3) is 0 Å². The van der Waals surface area contributed by atoms with E-state index in [1.165, 1.54) is 0 Å². The average Bonchev–Trinajstić information content (AvgIpc) is 3.04. The predicted octanol–water partition coefficient (Wildman–Crippen LogP) is 4.66. The minimum absolute atomic E-state index is 0.0827.